The molecule has 9 heteroatoms. The highest BCUT2D eigenvalue weighted by Crippen LogP contribution is 2.29. The zero-order valence-corrected chi connectivity index (χ0v) is 24.5. The van der Waals surface area contributed by atoms with Crippen molar-refractivity contribution in [2.45, 2.75) is 44.0 Å². The van der Waals surface area contributed by atoms with Gasteiger partial charge >= 0.3 is 0 Å². The molecule has 1 fully saturated rings. The van der Waals surface area contributed by atoms with Gasteiger partial charge in [0.25, 0.3) is 5.56 Å². The second-order valence-electron chi connectivity index (χ2n) is 11.2. The van der Waals surface area contributed by atoms with Crippen molar-refractivity contribution in [1.82, 2.24) is 18.8 Å². The van der Waals surface area contributed by atoms with Crippen molar-refractivity contribution in [3.8, 4) is 11.4 Å². The third kappa shape index (κ3) is 5.16. The summed E-state index contributed by atoms with van der Waals surface area (Å²) in [5.74, 6) is 1.16. The van der Waals surface area contributed by atoms with Crippen LogP contribution in [0.15, 0.2) is 82.5 Å². The van der Waals surface area contributed by atoms with Gasteiger partial charge in [0.2, 0.25) is 10.0 Å². The second-order valence-corrected chi connectivity index (χ2v) is 13.1. The predicted molar refractivity (Wildman–Crippen MR) is 158 cm³/mol. The van der Waals surface area contributed by atoms with E-state index in [-0.39, 0.29) is 17.0 Å². The predicted octanol–water partition coefficient (Wildman–Crippen LogP) is 4.76. The Morgan fingerprint density at radius 3 is 2.15 bits per heavy atom. The number of hydrogen-bond acceptors (Lipinski definition) is 6. The molecule has 1 unspecified atom stereocenters. The van der Waals surface area contributed by atoms with Gasteiger partial charge in [0.1, 0.15) is 11.6 Å². The third-order valence-corrected chi connectivity index (χ3v) is 9.59. The molecule has 0 saturated carbocycles. The van der Waals surface area contributed by atoms with Gasteiger partial charge in [-0.05, 0) is 54.3 Å². The summed E-state index contributed by atoms with van der Waals surface area (Å²) < 4.78 is 35.6. The van der Waals surface area contributed by atoms with E-state index in [4.69, 9.17) is 9.72 Å². The number of nitrogens with zero attached hydrogens (tertiary/aromatic N) is 4. The smallest absolute Gasteiger partial charge is 0.266 e. The average molecular weight is 561 g/mol. The molecule has 1 aliphatic heterocycles. The SMILES string of the molecule is COc1ccccc1-n1c(C(C)N2CCN(S(=O)(=O)c3ccc(C(C)(C)C)cc3)CC2)nc2ccccc2c1=O. The lowest BCUT2D eigenvalue weighted by molar-refractivity contribution is 0.139. The Kier molecular flexibility index (Phi) is 7.56. The summed E-state index contributed by atoms with van der Waals surface area (Å²) in [5.41, 5.74) is 2.12. The molecule has 5 rings (SSSR count). The second kappa shape index (κ2) is 10.8. The molecule has 0 amide bonds. The number of fused-ring (bicyclic) bond motifs is 1. The van der Waals surface area contributed by atoms with Crippen molar-refractivity contribution in [3.63, 3.8) is 0 Å². The minimum Gasteiger partial charge on any atom is -0.495 e. The molecule has 0 aliphatic carbocycles. The van der Waals surface area contributed by atoms with Gasteiger partial charge in [0.15, 0.2) is 0 Å². The van der Waals surface area contributed by atoms with E-state index in [2.05, 4.69) is 25.7 Å². The fourth-order valence-electron chi connectivity index (χ4n) is 5.25. The first kappa shape index (κ1) is 28.0. The summed E-state index contributed by atoms with van der Waals surface area (Å²) in [4.78, 5) is 21.2. The number of para-hydroxylation sites is 3. The summed E-state index contributed by atoms with van der Waals surface area (Å²) in [7, 11) is -2.03. The van der Waals surface area contributed by atoms with Crippen molar-refractivity contribution in [2.75, 3.05) is 33.3 Å². The van der Waals surface area contributed by atoms with Crippen LogP contribution in [0, 0.1) is 0 Å². The Morgan fingerprint density at radius 1 is 0.875 bits per heavy atom. The van der Waals surface area contributed by atoms with Gasteiger partial charge < -0.3 is 4.74 Å². The molecule has 0 bridgehead atoms. The van der Waals surface area contributed by atoms with Gasteiger partial charge in [-0.25, -0.2) is 13.4 Å². The van der Waals surface area contributed by atoms with Gasteiger partial charge in [0, 0.05) is 26.2 Å². The highest BCUT2D eigenvalue weighted by molar-refractivity contribution is 7.89. The van der Waals surface area contributed by atoms with Crippen LogP contribution in [0.1, 0.15) is 45.1 Å². The normalized spacial score (nSPS) is 16.2. The molecular weight excluding hydrogens is 524 g/mol. The quantitative estimate of drug-likeness (QED) is 0.338. The zero-order chi connectivity index (χ0) is 28.7. The number of ether oxygens (including phenoxy) is 1. The summed E-state index contributed by atoms with van der Waals surface area (Å²) in [5, 5.41) is 0.526. The minimum atomic E-state index is -3.61. The molecule has 2 heterocycles. The molecule has 210 valence electrons. The monoisotopic (exact) mass is 560 g/mol. The molecule has 8 nitrogen and oxygen atoms in total. The van der Waals surface area contributed by atoms with E-state index in [9.17, 15) is 13.2 Å². The Labute approximate surface area is 235 Å². The first-order valence-electron chi connectivity index (χ1n) is 13.5. The van der Waals surface area contributed by atoms with Crippen LogP contribution in [0.4, 0.5) is 0 Å². The van der Waals surface area contributed by atoms with Crippen molar-refractivity contribution < 1.29 is 13.2 Å². The summed E-state index contributed by atoms with van der Waals surface area (Å²) >= 11 is 0. The number of sulfonamides is 1. The van der Waals surface area contributed by atoms with Crippen LogP contribution in [0.3, 0.4) is 0 Å². The molecule has 0 radical (unpaired) electrons. The maximum atomic E-state index is 13.8. The summed E-state index contributed by atoms with van der Waals surface area (Å²) in [6.45, 7) is 10.0. The lowest BCUT2D eigenvalue weighted by atomic mass is 9.87. The largest absolute Gasteiger partial charge is 0.495 e. The van der Waals surface area contributed by atoms with Gasteiger partial charge in [0.05, 0.1) is 34.6 Å². The fraction of sp³-hybridized carbons (Fsp3) is 0.355. The summed E-state index contributed by atoms with van der Waals surface area (Å²) in [6, 6.07) is 21.7. The molecule has 0 N–H and O–H groups in total. The van der Waals surface area contributed by atoms with Crippen LogP contribution in [0.25, 0.3) is 16.6 Å². The number of methoxy groups -OCH3 is 1. The lowest BCUT2D eigenvalue weighted by Gasteiger charge is -2.37. The minimum absolute atomic E-state index is 0.0502. The number of rotatable bonds is 6. The van der Waals surface area contributed by atoms with Crippen LogP contribution in [0.2, 0.25) is 0 Å². The number of hydrogen-bond donors (Lipinski definition) is 0. The highest BCUT2D eigenvalue weighted by Gasteiger charge is 2.32. The van der Waals surface area contributed by atoms with Gasteiger partial charge in [-0.15, -0.1) is 0 Å². The topological polar surface area (TPSA) is 84.7 Å². The maximum Gasteiger partial charge on any atom is 0.266 e. The number of piperazine rings is 1. The van der Waals surface area contributed by atoms with Crippen LogP contribution in [-0.2, 0) is 15.4 Å². The number of benzene rings is 3. The van der Waals surface area contributed by atoms with E-state index in [1.54, 1.807) is 34.2 Å². The van der Waals surface area contributed by atoms with Crippen molar-refractivity contribution >= 4 is 20.9 Å². The van der Waals surface area contributed by atoms with Gasteiger partial charge in [-0.3, -0.25) is 14.3 Å². The molecule has 0 spiro atoms. The summed E-state index contributed by atoms with van der Waals surface area (Å²) in [6.07, 6.45) is 0. The average Bonchev–Trinajstić information content (AvgIpc) is 2.96. The fourth-order valence-corrected chi connectivity index (χ4v) is 6.67. The molecule has 1 atom stereocenters. The molecule has 3 aromatic carbocycles. The molecule has 4 aromatic rings. The van der Waals surface area contributed by atoms with E-state index >= 15 is 0 Å². The molecule has 1 aromatic heterocycles. The maximum absolute atomic E-state index is 13.8. The van der Waals surface area contributed by atoms with Crippen molar-refractivity contribution in [2.24, 2.45) is 0 Å². The third-order valence-electron chi connectivity index (χ3n) is 7.68. The van der Waals surface area contributed by atoms with E-state index in [0.717, 1.165) is 5.56 Å². The van der Waals surface area contributed by atoms with Gasteiger partial charge in [-0.1, -0.05) is 57.2 Å². The first-order chi connectivity index (χ1) is 19.0. The van der Waals surface area contributed by atoms with E-state index < -0.39 is 10.0 Å². The molecule has 1 saturated heterocycles. The van der Waals surface area contributed by atoms with E-state index in [1.165, 1.54) is 0 Å². The van der Waals surface area contributed by atoms with Crippen LogP contribution >= 0.6 is 0 Å². The molecule has 40 heavy (non-hydrogen) atoms. The lowest BCUT2D eigenvalue weighted by Crippen LogP contribution is -2.49. The van der Waals surface area contributed by atoms with E-state index in [0.29, 0.717) is 59.2 Å². The Balaban J connectivity index is 1.44. The number of aromatic nitrogens is 2. The molecule has 1 aliphatic rings. The standard InChI is InChI=1S/C31H36N4O4S/c1-22(33-18-20-34(21-19-33)40(37,38)24-16-14-23(15-17-24)31(2,3)4)29-32-26-11-7-6-10-25(26)30(36)35(29)27-12-8-9-13-28(27)39-5/h6-17,22H,18-21H2,1-5H3. The highest BCUT2D eigenvalue weighted by atomic mass is 32.2. The van der Waals surface area contributed by atoms with Crippen LogP contribution in [0.5, 0.6) is 5.75 Å². The first-order valence-corrected chi connectivity index (χ1v) is 15.0. The molecular formula is C31H36N4O4S. The van der Waals surface area contributed by atoms with Crippen LogP contribution < -0.4 is 10.3 Å². The Hall–Kier alpha value is -3.53. The van der Waals surface area contributed by atoms with Crippen LogP contribution in [-0.4, -0.2) is 60.5 Å². The zero-order valence-electron chi connectivity index (χ0n) is 23.7. The Morgan fingerprint density at radius 2 is 1.50 bits per heavy atom. The Bertz CT molecular complexity index is 1680. The van der Waals surface area contributed by atoms with Gasteiger partial charge in [-0.2, -0.15) is 4.31 Å². The van der Waals surface area contributed by atoms with E-state index in [1.807, 2.05) is 61.5 Å². The van der Waals surface area contributed by atoms with Crippen molar-refractivity contribution in [3.05, 3.63) is 94.5 Å². The van der Waals surface area contributed by atoms with Crippen molar-refractivity contribution in [1.29, 1.82) is 0 Å².